The molecule has 1 aromatic heterocycles. The third-order valence-corrected chi connectivity index (χ3v) is 5.60. The van der Waals surface area contributed by atoms with Gasteiger partial charge in [0.25, 0.3) is 0 Å². The van der Waals surface area contributed by atoms with Crippen molar-refractivity contribution in [2.24, 2.45) is 11.1 Å². The first-order chi connectivity index (χ1) is 12.4. The van der Waals surface area contributed by atoms with Crippen molar-refractivity contribution in [1.29, 1.82) is 0 Å². The van der Waals surface area contributed by atoms with Gasteiger partial charge in [-0.15, -0.1) is 0 Å². The maximum absolute atomic E-state index is 12.6. The molecule has 26 heavy (non-hydrogen) atoms. The minimum atomic E-state index is -0.985. The number of hydrogen-bond acceptors (Lipinski definition) is 3. The van der Waals surface area contributed by atoms with Crippen LogP contribution >= 0.6 is 0 Å². The zero-order valence-corrected chi connectivity index (χ0v) is 15.2. The molecule has 6 heteroatoms. The number of nitrogens with zero attached hydrogens (tertiary/aromatic N) is 2. The van der Waals surface area contributed by atoms with E-state index < -0.39 is 11.3 Å². The molecule has 136 valence electrons. The van der Waals surface area contributed by atoms with Crippen LogP contribution in [0.3, 0.4) is 0 Å². The van der Waals surface area contributed by atoms with E-state index in [1.807, 2.05) is 10.9 Å². The fraction of sp³-hybridized carbons (Fsp3) is 0.450. The fourth-order valence-corrected chi connectivity index (χ4v) is 4.01. The van der Waals surface area contributed by atoms with Crippen LogP contribution in [-0.4, -0.2) is 21.6 Å². The lowest BCUT2D eigenvalue weighted by Crippen LogP contribution is -2.42. The molecule has 0 radical (unpaired) electrons. The zero-order chi connectivity index (χ0) is 18.5. The number of rotatable bonds is 4. The SMILES string of the molecule is Cc1cc(C)cc(-n2ncc3c2CCC[C@@H]3NC(=O)C2(C(N)=O)CC2)c1. The molecule has 0 aliphatic heterocycles. The monoisotopic (exact) mass is 352 g/mol. The summed E-state index contributed by atoms with van der Waals surface area (Å²) in [6.45, 7) is 4.16. The van der Waals surface area contributed by atoms with Crippen molar-refractivity contribution < 1.29 is 9.59 Å². The number of aromatic nitrogens is 2. The first kappa shape index (κ1) is 16.8. The van der Waals surface area contributed by atoms with Crippen LogP contribution in [0.4, 0.5) is 0 Å². The van der Waals surface area contributed by atoms with Crippen LogP contribution in [0.5, 0.6) is 0 Å². The first-order valence-electron chi connectivity index (χ1n) is 9.17. The average molecular weight is 352 g/mol. The maximum atomic E-state index is 12.6. The molecule has 1 saturated carbocycles. The number of aryl methyl sites for hydroxylation is 2. The largest absolute Gasteiger partial charge is 0.369 e. The first-order valence-corrected chi connectivity index (χ1v) is 9.17. The highest BCUT2D eigenvalue weighted by Crippen LogP contribution is 2.46. The van der Waals surface area contributed by atoms with Crippen molar-refractivity contribution in [3.8, 4) is 5.69 Å². The molecule has 2 amide bonds. The van der Waals surface area contributed by atoms with Crippen molar-refractivity contribution in [3.05, 3.63) is 46.8 Å². The van der Waals surface area contributed by atoms with E-state index in [1.165, 1.54) is 11.1 Å². The van der Waals surface area contributed by atoms with Gasteiger partial charge in [0, 0.05) is 11.3 Å². The summed E-state index contributed by atoms with van der Waals surface area (Å²) in [7, 11) is 0. The van der Waals surface area contributed by atoms with Crippen LogP contribution in [0.2, 0.25) is 0 Å². The molecule has 0 bridgehead atoms. The normalized spacial score (nSPS) is 20.3. The number of hydrogen-bond donors (Lipinski definition) is 2. The van der Waals surface area contributed by atoms with Crippen LogP contribution < -0.4 is 11.1 Å². The number of carbonyl (C=O) groups is 2. The Labute approximate surface area is 152 Å². The molecule has 2 aliphatic rings. The standard InChI is InChI=1S/C20H24N4O2/c1-12-8-13(2)10-14(9-12)24-17-5-3-4-16(15(17)11-22-24)23-19(26)20(6-7-20)18(21)25/h8-11,16H,3-7H2,1-2H3,(H2,21,25)(H,23,26)/t16-/m0/s1. The number of fused-ring (bicyclic) bond motifs is 1. The van der Waals surface area contributed by atoms with Gasteiger partial charge in [0.05, 0.1) is 17.9 Å². The molecule has 4 rings (SSSR count). The molecule has 6 nitrogen and oxygen atoms in total. The minimum Gasteiger partial charge on any atom is -0.369 e. The van der Waals surface area contributed by atoms with Gasteiger partial charge in [0.1, 0.15) is 5.41 Å². The van der Waals surface area contributed by atoms with Crippen LogP contribution in [0.1, 0.15) is 54.1 Å². The molecule has 1 heterocycles. The Morgan fingerprint density at radius 3 is 2.54 bits per heavy atom. The van der Waals surface area contributed by atoms with E-state index in [1.54, 1.807) is 0 Å². The number of amides is 2. The summed E-state index contributed by atoms with van der Waals surface area (Å²) >= 11 is 0. The van der Waals surface area contributed by atoms with Gasteiger partial charge in [-0.2, -0.15) is 5.10 Å². The topological polar surface area (TPSA) is 90.0 Å². The van der Waals surface area contributed by atoms with E-state index >= 15 is 0 Å². The summed E-state index contributed by atoms with van der Waals surface area (Å²) in [5.74, 6) is -0.751. The van der Waals surface area contributed by atoms with Gasteiger partial charge in [0.15, 0.2) is 0 Å². The molecule has 3 N–H and O–H groups in total. The van der Waals surface area contributed by atoms with Crippen molar-refractivity contribution in [3.63, 3.8) is 0 Å². The Morgan fingerprint density at radius 1 is 1.23 bits per heavy atom. The molecule has 0 spiro atoms. The lowest BCUT2D eigenvalue weighted by Gasteiger charge is -2.25. The van der Waals surface area contributed by atoms with E-state index in [9.17, 15) is 9.59 Å². The molecule has 1 aromatic carbocycles. The van der Waals surface area contributed by atoms with Crippen LogP contribution in [0.15, 0.2) is 24.4 Å². The Morgan fingerprint density at radius 2 is 1.92 bits per heavy atom. The van der Waals surface area contributed by atoms with Crippen LogP contribution in [0.25, 0.3) is 5.69 Å². The van der Waals surface area contributed by atoms with Gasteiger partial charge in [-0.3, -0.25) is 9.59 Å². The summed E-state index contributed by atoms with van der Waals surface area (Å²) in [5, 5.41) is 7.65. The summed E-state index contributed by atoms with van der Waals surface area (Å²) < 4.78 is 1.98. The average Bonchev–Trinajstić information content (AvgIpc) is 3.28. The molecule has 2 aromatic rings. The summed E-state index contributed by atoms with van der Waals surface area (Å²) in [6.07, 6.45) is 5.70. The molecule has 1 atom stereocenters. The highest BCUT2D eigenvalue weighted by atomic mass is 16.2. The molecule has 0 unspecified atom stereocenters. The van der Waals surface area contributed by atoms with Crippen LogP contribution in [-0.2, 0) is 16.0 Å². The van der Waals surface area contributed by atoms with E-state index in [0.717, 1.165) is 36.2 Å². The van der Waals surface area contributed by atoms with Gasteiger partial charge < -0.3 is 11.1 Å². The molecular formula is C20H24N4O2. The summed E-state index contributed by atoms with van der Waals surface area (Å²) in [6, 6.07) is 6.27. The third kappa shape index (κ3) is 2.69. The smallest absolute Gasteiger partial charge is 0.236 e. The van der Waals surface area contributed by atoms with Crippen molar-refractivity contribution >= 4 is 11.8 Å². The Bertz CT molecular complexity index is 875. The Hall–Kier alpha value is -2.63. The minimum absolute atomic E-state index is 0.109. The van der Waals surface area contributed by atoms with Crippen molar-refractivity contribution in [1.82, 2.24) is 15.1 Å². The predicted octanol–water partition coefficient (Wildman–Crippen LogP) is 2.25. The molecular weight excluding hydrogens is 328 g/mol. The van der Waals surface area contributed by atoms with Gasteiger partial charge in [-0.1, -0.05) is 6.07 Å². The number of nitrogens with one attached hydrogen (secondary N) is 1. The second-order valence-electron chi connectivity index (χ2n) is 7.67. The lowest BCUT2D eigenvalue weighted by atomic mass is 9.92. The van der Waals surface area contributed by atoms with E-state index in [2.05, 4.69) is 42.5 Å². The van der Waals surface area contributed by atoms with Gasteiger partial charge >= 0.3 is 0 Å². The number of carbonyl (C=O) groups excluding carboxylic acids is 2. The predicted molar refractivity (Wildman–Crippen MR) is 97.7 cm³/mol. The molecule has 0 saturated heterocycles. The second kappa shape index (κ2) is 5.97. The van der Waals surface area contributed by atoms with E-state index in [-0.39, 0.29) is 11.9 Å². The van der Waals surface area contributed by atoms with Crippen molar-refractivity contribution in [2.75, 3.05) is 0 Å². The van der Waals surface area contributed by atoms with Gasteiger partial charge in [-0.25, -0.2) is 4.68 Å². The summed E-state index contributed by atoms with van der Waals surface area (Å²) in [5.41, 5.74) is 10.1. The van der Waals surface area contributed by atoms with Crippen LogP contribution in [0, 0.1) is 19.3 Å². The zero-order valence-electron chi connectivity index (χ0n) is 15.2. The quantitative estimate of drug-likeness (QED) is 0.827. The Kier molecular flexibility index (Phi) is 3.86. The van der Waals surface area contributed by atoms with E-state index in [0.29, 0.717) is 12.8 Å². The summed E-state index contributed by atoms with van der Waals surface area (Å²) in [4.78, 5) is 24.2. The third-order valence-electron chi connectivity index (χ3n) is 5.60. The van der Waals surface area contributed by atoms with Crippen molar-refractivity contribution in [2.45, 2.75) is 52.0 Å². The number of primary amides is 1. The second-order valence-corrected chi connectivity index (χ2v) is 7.67. The highest BCUT2D eigenvalue weighted by molar-refractivity contribution is 6.07. The van der Waals surface area contributed by atoms with Gasteiger partial charge in [0.2, 0.25) is 11.8 Å². The van der Waals surface area contributed by atoms with Gasteiger partial charge in [-0.05, 0) is 69.2 Å². The maximum Gasteiger partial charge on any atom is 0.236 e. The highest BCUT2D eigenvalue weighted by Gasteiger charge is 2.55. The fourth-order valence-electron chi connectivity index (χ4n) is 4.01. The Balaban J connectivity index is 1.63. The van der Waals surface area contributed by atoms with E-state index in [4.69, 9.17) is 5.73 Å². The number of nitrogens with two attached hydrogens (primary N) is 1. The number of benzene rings is 1. The lowest BCUT2D eigenvalue weighted by molar-refractivity contribution is -0.135. The molecule has 2 aliphatic carbocycles. The molecule has 1 fully saturated rings.